The standard InChI is InChI=1S/C42H61NO6/c1-5-7-20-44-22-23-46-24-25-47-31-40-30-39(37-17-15-36(16-18-37)35-12-9-33(3)10-13-35)29-38-14-11-34(8-6-2)28-41(38)42(32-49-40)48-27-26-45-21-19-43-4/h9-18,28,39-40,42-43H,5-8,19-27,29-32H2,1-4H3/t39-,40?,42?/m1/s1. The average Bonchev–Trinajstić information content (AvgIpc) is 3.19. The zero-order valence-corrected chi connectivity index (χ0v) is 30.6. The molecular weight excluding hydrogens is 614 g/mol. The Morgan fingerprint density at radius 1 is 0.735 bits per heavy atom. The molecule has 3 aromatic rings. The first-order valence-corrected chi connectivity index (χ1v) is 18.6. The van der Waals surface area contributed by atoms with Gasteiger partial charge in [0.1, 0.15) is 6.10 Å². The topological polar surface area (TPSA) is 67.4 Å². The van der Waals surface area contributed by atoms with Crippen LogP contribution in [-0.2, 0) is 41.3 Å². The Hall–Kier alpha value is -2.62. The van der Waals surface area contributed by atoms with Crippen LogP contribution in [0.4, 0.5) is 0 Å². The predicted octanol–water partition coefficient (Wildman–Crippen LogP) is 7.87. The number of aryl methyl sites for hydroxylation is 2. The molecule has 0 bridgehead atoms. The molecule has 0 radical (unpaired) electrons. The molecular formula is C42H61NO6. The fraction of sp³-hybridized carbons (Fsp3) is 0.571. The van der Waals surface area contributed by atoms with E-state index < -0.39 is 0 Å². The second-order valence-electron chi connectivity index (χ2n) is 13.1. The highest BCUT2D eigenvalue weighted by molar-refractivity contribution is 5.64. The minimum Gasteiger partial charge on any atom is -0.379 e. The summed E-state index contributed by atoms with van der Waals surface area (Å²) in [5.74, 6) is 0.261. The SMILES string of the molecule is CCCCOCCOCCOCC1C[C@H](c2ccc(-c3ccc(C)cc3)cc2)Cc2ccc(CCC)cc2C(OCCOCCNC)CO1. The molecule has 4 rings (SSSR count). The maximum atomic E-state index is 6.70. The maximum absolute atomic E-state index is 6.70. The first-order valence-electron chi connectivity index (χ1n) is 18.6. The first kappa shape index (κ1) is 39.2. The van der Waals surface area contributed by atoms with E-state index in [4.69, 9.17) is 28.4 Å². The van der Waals surface area contributed by atoms with Gasteiger partial charge < -0.3 is 33.7 Å². The summed E-state index contributed by atoms with van der Waals surface area (Å²) in [6.45, 7) is 13.1. The lowest BCUT2D eigenvalue weighted by molar-refractivity contribution is -0.0846. The summed E-state index contributed by atoms with van der Waals surface area (Å²) in [7, 11) is 1.93. The van der Waals surface area contributed by atoms with Crippen LogP contribution < -0.4 is 5.32 Å². The minimum atomic E-state index is -0.180. The molecule has 1 N–H and O–H groups in total. The molecule has 3 atom stereocenters. The van der Waals surface area contributed by atoms with Crippen molar-refractivity contribution in [2.24, 2.45) is 0 Å². The summed E-state index contributed by atoms with van der Waals surface area (Å²) in [6, 6.07) is 24.8. The Morgan fingerprint density at radius 3 is 2.12 bits per heavy atom. The Morgan fingerprint density at radius 2 is 1.41 bits per heavy atom. The number of likely N-dealkylation sites (N-methyl/N-ethyl adjacent to an activating group) is 1. The smallest absolute Gasteiger partial charge is 0.106 e. The first-order chi connectivity index (χ1) is 24.1. The van der Waals surface area contributed by atoms with Gasteiger partial charge in [-0.2, -0.15) is 0 Å². The van der Waals surface area contributed by atoms with Crippen LogP contribution in [0.2, 0.25) is 0 Å². The van der Waals surface area contributed by atoms with Gasteiger partial charge in [0.2, 0.25) is 0 Å². The van der Waals surface area contributed by atoms with Crippen LogP contribution in [0.3, 0.4) is 0 Å². The Kier molecular flexibility index (Phi) is 18.4. The Balaban J connectivity index is 1.49. The predicted molar refractivity (Wildman–Crippen MR) is 199 cm³/mol. The van der Waals surface area contributed by atoms with Crippen LogP contribution in [0.1, 0.15) is 79.4 Å². The van der Waals surface area contributed by atoms with Crippen LogP contribution in [-0.4, -0.2) is 85.8 Å². The van der Waals surface area contributed by atoms with Gasteiger partial charge in [0.15, 0.2) is 0 Å². The van der Waals surface area contributed by atoms with E-state index in [1.165, 1.54) is 38.9 Å². The van der Waals surface area contributed by atoms with Gasteiger partial charge in [-0.3, -0.25) is 0 Å². The molecule has 7 heteroatoms. The van der Waals surface area contributed by atoms with E-state index in [-0.39, 0.29) is 18.1 Å². The molecule has 0 saturated carbocycles. The molecule has 1 aliphatic rings. The van der Waals surface area contributed by atoms with Crippen molar-refractivity contribution < 1.29 is 28.4 Å². The Bertz CT molecular complexity index is 1300. The molecule has 0 amide bonds. The zero-order valence-electron chi connectivity index (χ0n) is 30.6. The van der Waals surface area contributed by atoms with E-state index >= 15 is 0 Å². The van der Waals surface area contributed by atoms with Gasteiger partial charge in [-0.1, -0.05) is 99.0 Å². The van der Waals surface area contributed by atoms with Crippen LogP contribution in [0.15, 0.2) is 66.7 Å². The lowest BCUT2D eigenvalue weighted by Gasteiger charge is -2.24. The molecule has 0 saturated heterocycles. The summed E-state index contributed by atoms with van der Waals surface area (Å²) in [5, 5.41) is 3.13. The second kappa shape index (κ2) is 23.0. The largest absolute Gasteiger partial charge is 0.379 e. The molecule has 2 unspecified atom stereocenters. The zero-order chi connectivity index (χ0) is 34.5. The van der Waals surface area contributed by atoms with Crippen LogP contribution in [0, 0.1) is 6.92 Å². The van der Waals surface area contributed by atoms with E-state index in [9.17, 15) is 0 Å². The summed E-state index contributed by atoms with van der Waals surface area (Å²) in [4.78, 5) is 0. The quantitative estimate of drug-likeness (QED) is 0.109. The third kappa shape index (κ3) is 13.9. The number of ether oxygens (including phenoxy) is 6. The number of hydrogen-bond donors (Lipinski definition) is 1. The number of rotatable bonds is 22. The van der Waals surface area contributed by atoms with Gasteiger partial charge in [-0.25, -0.2) is 0 Å². The fourth-order valence-corrected chi connectivity index (χ4v) is 6.25. The normalized spacial score (nSPS) is 18.1. The van der Waals surface area contributed by atoms with Crippen molar-refractivity contribution in [1.29, 1.82) is 0 Å². The molecule has 0 spiro atoms. The lowest BCUT2D eigenvalue weighted by atomic mass is 9.84. The van der Waals surface area contributed by atoms with Gasteiger partial charge in [-0.05, 0) is 79.0 Å². The molecule has 270 valence electrons. The fourth-order valence-electron chi connectivity index (χ4n) is 6.25. The highest BCUT2D eigenvalue weighted by Crippen LogP contribution is 2.35. The maximum Gasteiger partial charge on any atom is 0.106 e. The number of unbranched alkanes of at least 4 members (excludes halogenated alkanes) is 1. The van der Waals surface area contributed by atoms with Crippen LogP contribution in [0.5, 0.6) is 0 Å². The third-order valence-electron chi connectivity index (χ3n) is 9.09. The monoisotopic (exact) mass is 675 g/mol. The molecule has 7 nitrogen and oxygen atoms in total. The molecule has 0 fully saturated rings. The third-order valence-corrected chi connectivity index (χ3v) is 9.09. The highest BCUT2D eigenvalue weighted by atomic mass is 16.6. The van der Waals surface area contributed by atoms with Gasteiger partial charge >= 0.3 is 0 Å². The summed E-state index contributed by atoms with van der Waals surface area (Å²) >= 11 is 0. The van der Waals surface area contributed by atoms with Crippen molar-refractivity contribution in [1.82, 2.24) is 5.32 Å². The second-order valence-corrected chi connectivity index (χ2v) is 13.1. The van der Waals surface area contributed by atoms with E-state index in [0.717, 1.165) is 51.7 Å². The molecule has 3 aromatic carbocycles. The van der Waals surface area contributed by atoms with Crippen molar-refractivity contribution in [2.75, 3.05) is 79.7 Å². The molecule has 0 aliphatic carbocycles. The number of nitrogens with one attached hydrogen (secondary N) is 1. The van der Waals surface area contributed by atoms with Gasteiger partial charge in [-0.15, -0.1) is 0 Å². The van der Waals surface area contributed by atoms with Crippen LogP contribution >= 0.6 is 0 Å². The van der Waals surface area contributed by atoms with Crippen molar-refractivity contribution in [3.8, 4) is 11.1 Å². The number of hydrogen-bond acceptors (Lipinski definition) is 7. The summed E-state index contributed by atoms with van der Waals surface area (Å²) in [5.41, 5.74) is 8.96. The lowest BCUT2D eigenvalue weighted by Crippen LogP contribution is -2.26. The van der Waals surface area contributed by atoms with Crippen molar-refractivity contribution in [3.63, 3.8) is 0 Å². The van der Waals surface area contributed by atoms with Crippen LogP contribution in [0.25, 0.3) is 11.1 Å². The molecule has 1 heterocycles. The van der Waals surface area contributed by atoms with E-state index in [1.54, 1.807) is 0 Å². The Labute approximate surface area is 296 Å². The molecule has 1 aliphatic heterocycles. The van der Waals surface area contributed by atoms with Crippen molar-refractivity contribution >= 4 is 0 Å². The van der Waals surface area contributed by atoms with Gasteiger partial charge in [0, 0.05) is 13.2 Å². The summed E-state index contributed by atoms with van der Waals surface area (Å²) in [6.07, 6.45) is 5.87. The van der Waals surface area contributed by atoms with Gasteiger partial charge in [0.25, 0.3) is 0 Å². The number of fused-ring (bicyclic) bond motifs is 1. The molecule has 0 aromatic heterocycles. The van der Waals surface area contributed by atoms with E-state index in [1.807, 2.05) is 7.05 Å². The minimum absolute atomic E-state index is 0.0819. The summed E-state index contributed by atoms with van der Waals surface area (Å²) < 4.78 is 36.6. The van der Waals surface area contributed by atoms with Gasteiger partial charge in [0.05, 0.1) is 65.6 Å². The van der Waals surface area contributed by atoms with E-state index in [2.05, 4.69) is 92.8 Å². The van der Waals surface area contributed by atoms with E-state index in [0.29, 0.717) is 59.5 Å². The average molecular weight is 676 g/mol. The van der Waals surface area contributed by atoms with Crippen molar-refractivity contribution in [2.45, 2.75) is 77.4 Å². The van der Waals surface area contributed by atoms with Crippen molar-refractivity contribution in [3.05, 3.63) is 94.5 Å². The molecule has 49 heavy (non-hydrogen) atoms. The highest BCUT2D eigenvalue weighted by Gasteiger charge is 2.27. The number of benzene rings is 3.